The molecular weight excluding hydrogens is 306 g/mol. The second-order valence-electron chi connectivity index (χ2n) is 5.54. The smallest absolute Gasteiger partial charge is 0.224 e. The molecule has 0 saturated carbocycles. The Balaban J connectivity index is 2.01. The van der Waals surface area contributed by atoms with Crippen LogP contribution in [0.25, 0.3) is 0 Å². The number of nitrogens with one attached hydrogen (secondary N) is 2. The minimum atomic E-state index is 0.603. The lowest BCUT2D eigenvalue weighted by Gasteiger charge is -2.13. The van der Waals surface area contributed by atoms with Gasteiger partial charge in [0.05, 0.1) is 19.9 Å². The number of aromatic nitrogens is 2. The van der Waals surface area contributed by atoms with Gasteiger partial charge in [0.2, 0.25) is 5.95 Å². The Morgan fingerprint density at radius 3 is 2.67 bits per heavy atom. The first-order valence-corrected chi connectivity index (χ1v) is 7.83. The molecule has 0 aliphatic heterocycles. The summed E-state index contributed by atoms with van der Waals surface area (Å²) >= 11 is 0. The van der Waals surface area contributed by atoms with Gasteiger partial charge in [-0.05, 0) is 45.3 Å². The number of rotatable bonds is 9. The van der Waals surface area contributed by atoms with Gasteiger partial charge in [0.25, 0.3) is 0 Å². The summed E-state index contributed by atoms with van der Waals surface area (Å²) in [4.78, 5) is 10.9. The maximum atomic E-state index is 5.39. The van der Waals surface area contributed by atoms with Gasteiger partial charge in [0, 0.05) is 18.8 Å². The van der Waals surface area contributed by atoms with Crippen molar-refractivity contribution in [3.63, 3.8) is 0 Å². The molecule has 1 aromatic heterocycles. The molecule has 0 bridgehead atoms. The molecule has 0 atom stereocenters. The predicted octanol–water partition coefficient (Wildman–Crippen LogP) is 2.60. The lowest BCUT2D eigenvalue weighted by molar-refractivity contribution is 0.395. The van der Waals surface area contributed by atoms with Crippen LogP contribution in [-0.4, -0.2) is 56.3 Å². The van der Waals surface area contributed by atoms with Crippen LogP contribution in [0.1, 0.15) is 6.42 Å². The van der Waals surface area contributed by atoms with Crippen LogP contribution in [0.3, 0.4) is 0 Å². The predicted molar refractivity (Wildman–Crippen MR) is 96.5 cm³/mol. The SMILES string of the molecule is COc1ccc(Nc2ccnc(NCCCN(C)C)n2)c(OC)c1. The first kappa shape index (κ1) is 17.8. The minimum Gasteiger partial charge on any atom is -0.497 e. The highest BCUT2D eigenvalue weighted by Crippen LogP contribution is 2.30. The number of ether oxygens (including phenoxy) is 2. The van der Waals surface area contributed by atoms with E-state index in [9.17, 15) is 0 Å². The lowest BCUT2D eigenvalue weighted by Crippen LogP contribution is -2.17. The highest BCUT2D eigenvalue weighted by Gasteiger charge is 2.07. The highest BCUT2D eigenvalue weighted by atomic mass is 16.5. The van der Waals surface area contributed by atoms with Gasteiger partial charge in [-0.3, -0.25) is 0 Å². The van der Waals surface area contributed by atoms with Crippen molar-refractivity contribution in [3.05, 3.63) is 30.5 Å². The monoisotopic (exact) mass is 331 g/mol. The zero-order valence-corrected chi connectivity index (χ0v) is 14.7. The normalized spacial score (nSPS) is 10.5. The molecule has 0 spiro atoms. The van der Waals surface area contributed by atoms with E-state index < -0.39 is 0 Å². The van der Waals surface area contributed by atoms with E-state index in [1.165, 1.54) is 0 Å². The van der Waals surface area contributed by atoms with E-state index in [1.54, 1.807) is 20.4 Å². The van der Waals surface area contributed by atoms with E-state index in [0.29, 0.717) is 17.5 Å². The zero-order valence-electron chi connectivity index (χ0n) is 14.7. The molecule has 0 aliphatic rings. The molecule has 0 fully saturated rings. The van der Waals surface area contributed by atoms with Crippen LogP contribution in [0.5, 0.6) is 11.5 Å². The molecule has 130 valence electrons. The molecule has 1 heterocycles. The molecule has 0 aliphatic carbocycles. The summed E-state index contributed by atoms with van der Waals surface area (Å²) in [5, 5.41) is 6.48. The van der Waals surface area contributed by atoms with E-state index in [4.69, 9.17) is 9.47 Å². The molecule has 24 heavy (non-hydrogen) atoms. The van der Waals surface area contributed by atoms with Crippen LogP contribution in [0.15, 0.2) is 30.5 Å². The molecule has 2 N–H and O–H groups in total. The average Bonchev–Trinajstić information content (AvgIpc) is 2.59. The van der Waals surface area contributed by atoms with Crippen LogP contribution >= 0.6 is 0 Å². The summed E-state index contributed by atoms with van der Waals surface area (Å²) in [6.45, 7) is 1.85. The molecule has 7 heteroatoms. The van der Waals surface area contributed by atoms with Crippen LogP contribution in [0, 0.1) is 0 Å². The maximum Gasteiger partial charge on any atom is 0.224 e. The van der Waals surface area contributed by atoms with Gasteiger partial charge in [0.1, 0.15) is 17.3 Å². The Morgan fingerprint density at radius 1 is 1.12 bits per heavy atom. The second-order valence-corrected chi connectivity index (χ2v) is 5.54. The van der Waals surface area contributed by atoms with E-state index in [0.717, 1.165) is 30.9 Å². The molecule has 1 aromatic carbocycles. The highest BCUT2D eigenvalue weighted by molar-refractivity contribution is 5.66. The zero-order chi connectivity index (χ0) is 17.4. The third-order valence-corrected chi connectivity index (χ3v) is 3.39. The first-order chi connectivity index (χ1) is 11.6. The van der Waals surface area contributed by atoms with Crippen molar-refractivity contribution in [2.75, 3.05) is 52.0 Å². The first-order valence-electron chi connectivity index (χ1n) is 7.83. The molecule has 0 amide bonds. The Bertz CT molecular complexity index is 649. The quantitative estimate of drug-likeness (QED) is 0.684. The maximum absolute atomic E-state index is 5.39. The minimum absolute atomic E-state index is 0.603. The fourth-order valence-corrected chi connectivity index (χ4v) is 2.15. The largest absolute Gasteiger partial charge is 0.497 e. The molecule has 2 aromatic rings. The number of hydrogen-bond acceptors (Lipinski definition) is 7. The summed E-state index contributed by atoms with van der Waals surface area (Å²) in [5.74, 6) is 2.73. The van der Waals surface area contributed by atoms with Gasteiger partial charge in [-0.2, -0.15) is 4.98 Å². The van der Waals surface area contributed by atoms with E-state index in [-0.39, 0.29) is 0 Å². The fraction of sp³-hybridized carbons (Fsp3) is 0.412. The molecule has 0 unspecified atom stereocenters. The van der Waals surface area contributed by atoms with Crippen molar-refractivity contribution in [1.82, 2.24) is 14.9 Å². The standard InChI is InChI=1S/C17H25N5O2/c1-22(2)11-5-9-18-17-19-10-8-16(21-17)20-14-7-6-13(23-3)12-15(14)24-4/h6-8,10,12H,5,9,11H2,1-4H3,(H2,18,19,20,21). The summed E-state index contributed by atoms with van der Waals surface area (Å²) in [6, 6.07) is 7.40. The Morgan fingerprint density at radius 2 is 1.96 bits per heavy atom. The average molecular weight is 331 g/mol. The van der Waals surface area contributed by atoms with Crippen molar-refractivity contribution in [2.45, 2.75) is 6.42 Å². The van der Waals surface area contributed by atoms with E-state index >= 15 is 0 Å². The number of anilines is 3. The fourth-order valence-electron chi connectivity index (χ4n) is 2.15. The third-order valence-electron chi connectivity index (χ3n) is 3.39. The van der Waals surface area contributed by atoms with Crippen molar-refractivity contribution >= 4 is 17.5 Å². The van der Waals surface area contributed by atoms with Gasteiger partial charge in [0.15, 0.2) is 0 Å². The molecule has 0 radical (unpaired) electrons. The molecule has 7 nitrogen and oxygen atoms in total. The molecule has 0 saturated heterocycles. The van der Waals surface area contributed by atoms with Crippen molar-refractivity contribution in [1.29, 1.82) is 0 Å². The Labute approximate surface area is 143 Å². The van der Waals surface area contributed by atoms with Gasteiger partial charge in [-0.15, -0.1) is 0 Å². The second kappa shape index (κ2) is 8.93. The van der Waals surface area contributed by atoms with E-state index in [1.807, 2.05) is 24.3 Å². The van der Waals surface area contributed by atoms with Crippen molar-refractivity contribution < 1.29 is 9.47 Å². The van der Waals surface area contributed by atoms with Crippen LogP contribution in [0.2, 0.25) is 0 Å². The van der Waals surface area contributed by atoms with Crippen LogP contribution in [0.4, 0.5) is 17.5 Å². The number of benzene rings is 1. The van der Waals surface area contributed by atoms with Gasteiger partial charge in [-0.25, -0.2) is 4.98 Å². The van der Waals surface area contributed by atoms with Crippen LogP contribution in [-0.2, 0) is 0 Å². The molecule has 2 rings (SSSR count). The Kier molecular flexibility index (Phi) is 6.62. The van der Waals surface area contributed by atoms with Crippen molar-refractivity contribution in [2.24, 2.45) is 0 Å². The topological polar surface area (TPSA) is 71.5 Å². The summed E-state index contributed by atoms with van der Waals surface area (Å²) in [5.41, 5.74) is 0.815. The van der Waals surface area contributed by atoms with Gasteiger partial charge < -0.3 is 25.0 Å². The number of nitrogens with zero attached hydrogens (tertiary/aromatic N) is 3. The summed E-state index contributed by atoms with van der Waals surface area (Å²) in [7, 11) is 7.37. The Hall–Kier alpha value is -2.54. The number of methoxy groups -OCH3 is 2. The molecular formula is C17H25N5O2. The lowest BCUT2D eigenvalue weighted by atomic mass is 10.2. The summed E-state index contributed by atoms with van der Waals surface area (Å²) < 4.78 is 10.6. The van der Waals surface area contributed by atoms with Gasteiger partial charge in [-0.1, -0.05) is 0 Å². The van der Waals surface area contributed by atoms with E-state index in [2.05, 4.69) is 39.6 Å². The van der Waals surface area contributed by atoms with Crippen molar-refractivity contribution in [3.8, 4) is 11.5 Å². The third kappa shape index (κ3) is 5.27. The summed E-state index contributed by atoms with van der Waals surface area (Å²) in [6.07, 6.45) is 2.75. The van der Waals surface area contributed by atoms with Crippen LogP contribution < -0.4 is 20.1 Å². The van der Waals surface area contributed by atoms with Gasteiger partial charge >= 0.3 is 0 Å². The number of hydrogen-bond donors (Lipinski definition) is 2.